The highest BCUT2D eigenvalue weighted by molar-refractivity contribution is 5.96. The van der Waals surface area contributed by atoms with Gasteiger partial charge in [0.25, 0.3) is 5.91 Å². The average molecular weight is 509 g/mol. The van der Waals surface area contributed by atoms with Gasteiger partial charge < -0.3 is 25.0 Å². The number of aromatic nitrogens is 3. The van der Waals surface area contributed by atoms with E-state index in [-0.39, 0.29) is 41.4 Å². The Morgan fingerprint density at radius 1 is 1.30 bits per heavy atom. The quantitative estimate of drug-likeness (QED) is 0.453. The first kappa shape index (κ1) is 25.1. The lowest BCUT2D eigenvalue weighted by atomic mass is 10.1. The second kappa shape index (κ2) is 10.1. The Kier molecular flexibility index (Phi) is 6.84. The van der Waals surface area contributed by atoms with Crippen molar-refractivity contribution in [2.45, 2.75) is 45.1 Å². The summed E-state index contributed by atoms with van der Waals surface area (Å²) in [7, 11) is 0. The van der Waals surface area contributed by atoms with E-state index < -0.39 is 11.5 Å². The Hall–Kier alpha value is -3.54. The van der Waals surface area contributed by atoms with Crippen molar-refractivity contribution in [3.63, 3.8) is 0 Å². The van der Waals surface area contributed by atoms with Crippen LogP contribution in [0.4, 0.5) is 5.82 Å². The fourth-order valence-electron chi connectivity index (χ4n) is 4.98. The number of anilines is 1. The molecule has 0 radical (unpaired) electrons. The van der Waals surface area contributed by atoms with Gasteiger partial charge in [-0.3, -0.25) is 19.2 Å². The zero-order chi connectivity index (χ0) is 26.2. The number of phenolic OH excluding ortho intramolecular Hbond substituents is 1. The Morgan fingerprint density at radius 3 is 2.81 bits per heavy atom. The standard InChI is InChI=1S/C26H32N6O5/c1-16-12-31(13-17(2)37-16)14-26(3,35)15-36-20-7-6-19-21(22(20)33)29-25(32-10-9-28-23(19)32)30-24(34)18-5-4-8-27-11-18/h4-8,11,16-17,28,33,35H,9-10,12-15H2,1-3H3. The first-order valence-electron chi connectivity index (χ1n) is 12.4. The van der Waals surface area contributed by atoms with Crippen LogP contribution in [0.1, 0.15) is 31.1 Å². The summed E-state index contributed by atoms with van der Waals surface area (Å²) in [6, 6.07) is 6.76. The molecular weight excluding hydrogens is 476 g/mol. The van der Waals surface area contributed by atoms with E-state index in [1.54, 1.807) is 37.4 Å². The summed E-state index contributed by atoms with van der Waals surface area (Å²) < 4.78 is 13.5. The number of rotatable bonds is 6. The van der Waals surface area contributed by atoms with Crippen LogP contribution in [0, 0.1) is 0 Å². The molecule has 3 aromatic rings. The number of hydrogen-bond donors (Lipinski definition) is 3. The molecule has 0 aliphatic carbocycles. The summed E-state index contributed by atoms with van der Waals surface area (Å²) in [6.07, 6.45) is 3.21. The maximum atomic E-state index is 12.7. The number of hydrogen-bond acceptors (Lipinski definition) is 9. The molecule has 3 unspecified atom stereocenters. The summed E-state index contributed by atoms with van der Waals surface area (Å²) in [5.41, 5.74) is -0.377. The zero-order valence-corrected chi connectivity index (χ0v) is 21.2. The summed E-state index contributed by atoms with van der Waals surface area (Å²) in [6.45, 7) is 8.81. The third kappa shape index (κ3) is 5.43. The molecule has 4 heterocycles. The van der Waals surface area contributed by atoms with Crippen molar-refractivity contribution in [1.29, 1.82) is 0 Å². The second-order valence-electron chi connectivity index (χ2n) is 10.0. The molecule has 3 N–H and O–H groups in total. The van der Waals surface area contributed by atoms with Crippen LogP contribution in [0.5, 0.6) is 11.5 Å². The molecule has 2 aliphatic heterocycles. The van der Waals surface area contributed by atoms with E-state index in [1.165, 1.54) is 6.20 Å². The molecule has 0 saturated carbocycles. The fourth-order valence-corrected chi connectivity index (χ4v) is 4.98. The first-order chi connectivity index (χ1) is 17.7. The fraction of sp³-hybridized carbons (Fsp3) is 0.462. The summed E-state index contributed by atoms with van der Waals surface area (Å²) >= 11 is 0. The number of amides is 1. The van der Waals surface area contributed by atoms with E-state index in [0.29, 0.717) is 36.4 Å². The Labute approximate surface area is 214 Å². The molecule has 2 aliphatic rings. The van der Waals surface area contributed by atoms with E-state index in [2.05, 4.69) is 25.2 Å². The molecule has 1 saturated heterocycles. The van der Waals surface area contributed by atoms with Crippen molar-refractivity contribution in [2.75, 3.05) is 38.1 Å². The molecule has 2 aromatic heterocycles. The van der Waals surface area contributed by atoms with Crippen LogP contribution in [0.3, 0.4) is 0 Å². The molecular formula is C26H32N6O5. The molecule has 11 nitrogen and oxygen atoms in total. The number of pyridine rings is 1. The van der Waals surface area contributed by atoms with Gasteiger partial charge in [-0.05, 0) is 45.0 Å². The average Bonchev–Trinajstić information content (AvgIpc) is 3.34. The van der Waals surface area contributed by atoms with Gasteiger partial charge in [-0.15, -0.1) is 0 Å². The van der Waals surface area contributed by atoms with Crippen LogP contribution >= 0.6 is 0 Å². The van der Waals surface area contributed by atoms with E-state index in [0.717, 1.165) is 13.1 Å². The number of aliphatic hydroxyl groups is 1. The zero-order valence-electron chi connectivity index (χ0n) is 21.2. The van der Waals surface area contributed by atoms with Crippen molar-refractivity contribution in [3.05, 3.63) is 47.8 Å². The molecule has 5 rings (SSSR count). The van der Waals surface area contributed by atoms with Gasteiger partial charge >= 0.3 is 0 Å². The molecule has 1 fully saturated rings. The number of carbonyl (C=O) groups excluding carboxylic acids is 1. The topological polar surface area (TPSA) is 134 Å². The summed E-state index contributed by atoms with van der Waals surface area (Å²) in [4.78, 5) is 27.6. The molecule has 11 heteroatoms. The lowest BCUT2D eigenvalue weighted by molar-refractivity contribution is -0.0952. The summed E-state index contributed by atoms with van der Waals surface area (Å²) in [5, 5.41) is 26.0. The number of β-amino-alcohol motifs (C(OH)–C–C–N with tert-alkyl or cyclic N) is 1. The number of fused-ring (bicyclic) bond motifs is 3. The van der Waals surface area contributed by atoms with E-state index >= 15 is 0 Å². The Morgan fingerprint density at radius 2 is 2.08 bits per heavy atom. The SMILES string of the molecule is CC1CN(CC(C)(O)COc2ccc3c4n(c(=NC(=O)c5cccnc5)nc3c2O)CCN4)CC(C)O1. The van der Waals surface area contributed by atoms with E-state index in [9.17, 15) is 15.0 Å². The number of carbonyl (C=O) groups is 1. The highest BCUT2D eigenvalue weighted by Crippen LogP contribution is 2.36. The van der Waals surface area contributed by atoms with Crippen molar-refractivity contribution in [2.24, 2.45) is 4.99 Å². The van der Waals surface area contributed by atoms with Gasteiger partial charge in [0.15, 0.2) is 11.5 Å². The van der Waals surface area contributed by atoms with E-state index in [4.69, 9.17) is 9.47 Å². The third-order valence-electron chi connectivity index (χ3n) is 6.43. The van der Waals surface area contributed by atoms with Gasteiger partial charge in [0.2, 0.25) is 5.62 Å². The van der Waals surface area contributed by atoms with Gasteiger partial charge in [-0.2, -0.15) is 4.99 Å². The predicted octanol–water partition coefficient (Wildman–Crippen LogP) is 1.54. The lowest BCUT2D eigenvalue weighted by Crippen LogP contribution is -2.52. The minimum Gasteiger partial charge on any atom is -0.503 e. The maximum Gasteiger partial charge on any atom is 0.281 e. The molecule has 1 aromatic carbocycles. The number of ether oxygens (including phenoxy) is 2. The minimum absolute atomic E-state index is 0.0269. The van der Waals surface area contributed by atoms with Crippen LogP contribution in [-0.4, -0.2) is 86.2 Å². The summed E-state index contributed by atoms with van der Waals surface area (Å²) in [5.74, 6) is 0.254. The van der Waals surface area contributed by atoms with Crippen LogP contribution in [0.15, 0.2) is 41.7 Å². The molecule has 196 valence electrons. The van der Waals surface area contributed by atoms with Gasteiger partial charge in [0, 0.05) is 50.5 Å². The monoisotopic (exact) mass is 508 g/mol. The molecule has 1 amide bonds. The normalized spacial score (nSPS) is 21.9. The largest absolute Gasteiger partial charge is 0.503 e. The van der Waals surface area contributed by atoms with E-state index in [1.807, 2.05) is 18.4 Å². The van der Waals surface area contributed by atoms with Crippen molar-refractivity contribution in [1.82, 2.24) is 19.4 Å². The van der Waals surface area contributed by atoms with Gasteiger partial charge in [0.1, 0.15) is 23.5 Å². The van der Waals surface area contributed by atoms with Gasteiger partial charge in [0.05, 0.1) is 17.8 Å². The van der Waals surface area contributed by atoms with Crippen LogP contribution in [-0.2, 0) is 11.3 Å². The third-order valence-corrected chi connectivity index (χ3v) is 6.43. The number of morpholine rings is 1. The van der Waals surface area contributed by atoms with Crippen LogP contribution < -0.4 is 15.7 Å². The molecule has 0 spiro atoms. The number of aromatic hydroxyl groups is 1. The number of nitrogens with zero attached hydrogens (tertiary/aromatic N) is 5. The minimum atomic E-state index is -1.16. The smallest absolute Gasteiger partial charge is 0.281 e. The second-order valence-corrected chi connectivity index (χ2v) is 10.0. The number of nitrogens with one attached hydrogen (secondary N) is 1. The number of benzene rings is 1. The molecule has 37 heavy (non-hydrogen) atoms. The molecule has 3 atom stereocenters. The maximum absolute atomic E-state index is 12.7. The van der Waals surface area contributed by atoms with Crippen LogP contribution in [0.25, 0.3) is 10.9 Å². The van der Waals surface area contributed by atoms with Crippen molar-refractivity contribution >= 4 is 22.6 Å². The van der Waals surface area contributed by atoms with Crippen LogP contribution in [0.2, 0.25) is 0 Å². The lowest BCUT2D eigenvalue weighted by Gasteiger charge is -2.38. The Bertz CT molecular complexity index is 1360. The Balaban J connectivity index is 1.41. The molecule has 0 bridgehead atoms. The highest BCUT2D eigenvalue weighted by atomic mass is 16.5. The predicted molar refractivity (Wildman–Crippen MR) is 137 cm³/mol. The van der Waals surface area contributed by atoms with Crippen molar-refractivity contribution in [3.8, 4) is 11.5 Å². The number of phenols is 1. The highest BCUT2D eigenvalue weighted by Gasteiger charge is 2.30. The first-order valence-corrected chi connectivity index (χ1v) is 12.4. The van der Waals surface area contributed by atoms with Gasteiger partial charge in [-0.1, -0.05) is 0 Å². The van der Waals surface area contributed by atoms with Gasteiger partial charge in [-0.25, -0.2) is 4.98 Å². The van der Waals surface area contributed by atoms with Crippen molar-refractivity contribution < 1.29 is 24.5 Å².